The Kier molecular flexibility index (Phi) is 4.75. The highest BCUT2D eigenvalue weighted by atomic mass is 32.1. The molecule has 1 N–H and O–H groups in total. The molecule has 2 bridgehead atoms. The molecule has 4 unspecified atom stereocenters. The first-order chi connectivity index (χ1) is 12.4. The van der Waals surface area contributed by atoms with E-state index in [1.54, 1.807) is 0 Å². The molecule has 0 spiro atoms. The molecule has 5 nitrogen and oxygen atoms in total. The Morgan fingerprint density at radius 2 is 1.92 bits per heavy atom. The van der Waals surface area contributed by atoms with E-state index in [-0.39, 0.29) is 17.6 Å². The van der Waals surface area contributed by atoms with Crippen molar-refractivity contribution in [2.24, 2.45) is 5.92 Å². The normalized spacial score (nSPS) is 28.3. The molecule has 6 heteroatoms. The Hall–Kier alpha value is -1.50. The lowest BCUT2D eigenvalue weighted by atomic mass is 9.87. The third kappa shape index (κ3) is 3.50. The Morgan fingerprint density at radius 1 is 1.15 bits per heavy atom. The summed E-state index contributed by atoms with van der Waals surface area (Å²) in [6.45, 7) is 8.85. The molecule has 0 radical (unpaired) electrons. The topological polar surface area (TPSA) is 58.5 Å². The van der Waals surface area contributed by atoms with Gasteiger partial charge in [-0.1, -0.05) is 45.0 Å². The average molecular weight is 374 g/mol. The van der Waals surface area contributed by atoms with Crippen molar-refractivity contribution in [2.75, 3.05) is 13.1 Å². The zero-order chi connectivity index (χ0) is 18.3. The number of rotatable bonds is 4. The van der Waals surface area contributed by atoms with Crippen molar-refractivity contribution in [3.8, 4) is 5.88 Å². The Morgan fingerprint density at radius 3 is 2.65 bits per heavy atom. The maximum absolute atomic E-state index is 10.1. The van der Waals surface area contributed by atoms with Crippen LogP contribution >= 0.6 is 11.7 Å². The van der Waals surface area contributed by atoms with Crippen molar-refractivity contribution in [1.29, 1.82) is 0 Å². The second-order valence-corrected chi connectivity index (χ2v) is 9.09. The standard InChI is InChI=1S/C20H27N3O2S/c1-20(2,3)15-7-4-13(5-8-15)12-25-19-18(21-26-22-19)16-9-6-14-10-23(16)11-17(14)24/h4-5,7-8,14,16-17,24H,6,9-12H2,1-3H3. The maximum Gasteiger partial charge on any atom is 0.251 e. The van der Waals surface area contributed by atoms with E-state index in [1.165, 1.54) is 17.3 Å². The van der Waals surface area contributed by atoms with E-state index in [0.29, 0.717) is 18.4 Å². The minimum atomic E-state index is -0.197. The molecule has 26 heavy (non-hydrogen) atoms. The van der Waals surface area contributed by atoms with Crippen LogP contribution in [0.3, 0.4) is 0 Å². The van der Waals surface area contributed by atoms with Crippen LogP contribution in [0.4, 0.5) is 0 Å². The summed E-state index contributed by atoms with van der Waals surface area (Å²) in [4.78, 5) is 2.33. The van der Waals surface area contributed by atoms with Gasteiger partial charge in [-0.05, 0) is 35.3 Å². The van der Waals surface area contributed by atoms with E-state index in [9.17, 15) is 5.11 Å². The fourth-order valence-corrected chi connectivity index (χ4v) is 4.58. The summed E-state index contributed by atoms with van der Waals surface area (Å²) in [5.41, 5.74) is 3.55. The van der Waals surface area contributed by atoms with E-state index < -0.39 is 0 Å². The van der Waals surface area contributed by atoms with Crippen molar-refractivity contribution >= 4 is 11.7 Å². The highest BCUT2D eigenvalue weighted by Gasteiger charge is 2.42. The van der Waals surface area contributed by atoms with Crippen molar-refractivity contribution in [3.63, 3.8) is 0 Å². The number of ether oxygens (including phenoxy) is 1. The van der Waals surface area contributed by atoms with Crippen LogP contribution in [0.1, 0.15) is 56.5 Å². The third-order valence-electron chi connectivity index (χ3n) is 5.68. The summed E-state index contributed by atoms with van der Waals surface area (Å²) in [5.74, 6) is 1.07. The number of aromatic nitrogens is 2. The second kappa shape index (κ2) is 6.91. The van der Waals surface area contributed by atoms with Gasteiger partial charge in [-0.25, -0.2) is 0 Å². The number of fused-ring (bicyclic) bond motifs is 2. The summed E-state index contributed by atoms with van der Waals surface area (Å²) in [7, 11) is 0. The molecule has 140 valence electrons. The van der Waals surface area contributed by atoms with Crippen LogP contribution in [0, 0.1) is 5.92 Å². The van der Waals surface area contributed by atoms with Gasteiger partial charge in [-0.3, -0.25) is 4.90 Å². The van der Waals surface area contributed by atoms with Crippen LogP contribution in [-0.2, 0) is 12.0 Å². The van der Waals surface area contributed by atoms with Gasteiger partial charge in [0.05, 0.1) is 23.9 Å². The third-order valence-corrected chi connectivity index (χ3v) is 6.21. The van der Waals surface area contributed by atoms with E-state index in [2.05, 4.69) is 58.7 Å². The Balaban J connectivity index is 1.43. The lowest BCUT2D eigenvalue weighted by Gasteiger charge is -2.30. The van der Waals surface area contributed by atoms with Crippen LogP contribution in [0.25, 0.3) is 0 Å². The predicted octanol–water partition coefficient (Wildman–Crippen LogP) is 3.54. The fraction of sp³-hybridized carbons (Fsp3) is 0.600. The summed E-state index contributed by atoms with van der Waals surface area (Å²) in [6.07, 6.45) is 1.87. The molecule has 0 saturated carbocycles. The summed E-state index contributed by atoms with van der Waals surface area (Å²) in [6, 6.07) is 8.82. The highest BCUT2D eigenvalue weighted by molar-refractivity contribution is 6.99. The molecule has 4 rings (SSSR count). The number of nitrogens with zero attached hydrogens (tertiary/aromatic N) is 3. The molecule has 2 saturated heterocycles. The molecular formula is C20H27N3O2S. The number of benzene rings is 1. The number of aliphatic hydroxyl groups excluding tert-OH is 1. The lowest BCUT2D eigenvalue weighted by Crippen LogP contribution is -2.31. The van der Waals surface area contributed by atoms with Crippen molar-refractivity contribution in [2.45, 2.75) is 57.8 Å². The predicted molar refractivity (Wildman–Crippen MR) is 102 cm³/mol. The monoisotopic (exact) mass is 373 g/mol. The first kappa shape index (κ1) is 17.9. The van der Waals surface area contributed by atoms with Crippen LogP contribution in [-0.4, -0.2) is 37.9 Å². The van der Waals surface area contributed by atoms with E-state index in [1.807, 2.05) is 0 Å². The molecule has 3 heterocycles. The number of piperidine rings is 1. The van der Waals surface area contributed by atoms with Gasteiger partial charge in [0.25, 0.3) is 5.88 Å². The van der Waals surface area contributed by atoms with Crippen molar-refractivity contribution < 1.29 is 9.84 Å². The van der Waals surface area contributed by atoms with E-state index >= 15 is 0 Å². The van der Waals surface area contributed by atoms with Gasteiger partial charge in [-0.2, -0.15) is 4.37 Å². The van der Waals surface area contributed by atoms with Gasteiger partial charge in [-0.15, -0.1) is 4.37 Å². The summed E-state index contributed by atoms with van der Waals surface area (Å²) < 4.78 is 14.9. The maximum atomic E-state index is 10.1. The number of hydrogen-bond acceptors (Lipinski definition) is 6. The molecule has 1 aromatic carbocycles. The van der Waals surface area contributed by atoms with Crippen molar-refractivity contribution in [1.82, 2.24) is 13.6 Å². The molecule has 1 aromatic heterocycles. The quantitative estimate of drug-likeness (QED) is 0.888. The van der Waals surface area contributed by atoms with Gasteiger partial charge in [0.1, 0.15) is 12.3 Å². The van der Waals surface area contributed by atoms with Crippen LogP contribution in [0.2, 0.25) is 0 Å². The average Bonchev–Trinajstić information content (AvgIpc) is 3.18. The van der Waals surface area contributed by atoms with Gasteiger partial charge < -0.3 is 9.84 Å². The number of aliphatic hydroxyl groups is 1. The summed E-state index contributed by atoms with van der Waals surface area (Å²) in [5, 5.41) is 10.1. The largest absolute Gasteiger partial charge is 0.471 e. The zero-order valence-corrected chi connectivity index (χ0v) is 16.5. The van der Waals surface area contributed by atoms with Gasteiger partial charge in [0.2, 0.25) is 0 Å². The smallest absolute Gasteiger partial charge is 0.251 e. The van der Waals surface area contributed by atoms with Gasteiger partial charge in [0, 0.05) is 13.1 Å². The molecule has 0 amide bonds. The summed E-state index contributed by atoms with van der Waals surface area (Å²) >= 11 is 1.21. The molecule has 0 aliphatic carbocycles. The van der Waals surface area contributed by atoms with Crippen LogP contribution in [0.15, 0.2) is 24.3 Å². The molecular weight excluding hydrogens is 346 g/mol. The second-order valence-electron chi connectivity index (χ2n) is 8.56. The van der Waals surface area contributed by atoms with E-state index in [0.717, 1.165) is 37.2 Å². The first-order valence-electron chi connectivity index (χ1n) is 9.38. The minimum absolute atomic E-state index is 0.157. The Labute approximate surface area is 159 Å². The lowest BCUT2D eigenvalue weighted by molar-refractivity contribution is 0.144. The molecule has 2 aliphatic heterocycles. The van der Waals surface area contributed by atoms with Crippen LogP contribution < -0.4 is 4.74 Å². The zero-order valence-electron chi connectivity index (χ0n) is 15.7. The van der Waals surface area contributed by atoms with E-state index in [4.69, 9.17) is 4.74 Å². The fourth-order valence-electron chi connectivity index (χ4n) is 4.03. The van der Waals surface area contributed by atoms with Crippen molar-refractivity contribution in [3.05, 3.63) is 41.1 Å². The minimum Gasteiger partial charge on any atom is -0.471 e. The number of hydrogen-bond donors (Lipinski definition) is 1. The van der Waals surface area contributed by atoms with Crippen LogP contribution in [0.5, 0.6) is 5.88 Å². The SMILES string of the molecule is CC(C)(C)c1ccc(COc2nsnc2C2CCC3CN2CC3O)cc1. The molecule has 4 atom stereocenters. The molecule has 2 aromatic rings. The van der Waals surface area contributed by atoms with Gasteiger partial charge >= 0.3 is 0 Å². The Bertz CT molecular complexity index is 751. The highest BCUT2D eigenvalue weighted by Crippen LogP contribution is 2.41. The molecule has 2 fully saturated rings. The van der Waals surface area contributed by atoms with Gasteiger partial charge in [0.15, 0.2) is 0 Å². The molecule has 2 aliphatic rings. The first-order valence-corrected chi connectivity index (χ1v) is 10.1.